The van der Waals surface area contributed by atoms with Gasteiger partial charge in [-0.05, 0) is 26.2 Å². The van der Waals surface area contributed by atoms with Crippen molar-refractivity contribution in [3.05, 3.63) is 24.0 Å². The number of H-pyrrole nitrogens is 1. The third kappa shape index (κ3) is 13.6. The molecule has 29 heavy (non-hydrogen) atoms. The van der Waals surface area contributed by atoms with E-state index in [4.69, 9.17) is 5.11 Å². The fourth-order valence-electron chi connectivity index (χ4n) is 3.24. The molecule has 1 aromatic heterocycles. The van der Waals surface area contributed by atoms with Crippen LogP contribution in [0, 0.1) is 6.92 Å². The third-order valence-corrected chi connectivity index (χ3v) is 6.18. The van der Waals surface area contributed by atoms with Crippen molar-refractivity contribution in [1.82, 2.24) is 9.97 Å². The number of aryl methyl sites for hydroxylation is 1. The molecule has 0 aliphatic carbocycles. The Morgan fingerprint density at radius 1 is 1.14 bits per heavy atom. The zero-order chi connectivity index (χ0) is 21.3. The van der Waals surface area contributed by atoms with Crippen molar-refractivity contribution < 1.29 is 15.0 Å². The normalized spacial score (nSPS) is 13.8. The summed E-state index contributed by atoms with van der Waals surface area (Å²) in [5.41, 5.74) is 0.973. The van der Waals surface area contributed by atoms with Gasteiger partial charge in [-0.25, -0.2) is 4.98 Å². The van der Waals surface area contributed by atoms with E-state index in [1.54, 1.807) is 6.20 Å². The average molecular weight is 425 g/mol. The van der Waals surface area contributed by atoms with Gasteiger partial charge >= 0.3 is 5.97 Å². The van der Waals surface area contributed by atoms with Crippen LogP contribution >= 0.6 is 11.8 Å². The summed E-state index contributed by atoms with van der Waals surface area (Å²) in [6.45, 7) is 4.19. The van der Waals surface area contributed by atoms with Gasteiger partial charge in [0.1, 0.15) is 0 Å². The first-order valence-corrected chi connectivity index (χ1v) is 12.2. The van der Waals surface area contributed by atoms with Crippen LogP contribution in [0.15, 0.2) is 23.5 Å². The molecule has 3 N–H and O–H groups in total. The van der Waals surface area contributed by atoms with Crippen LogP contribution in [0.2, 0.25) is 0 Å². The Hall–Kier alpha value is -1.27. The molecule has 0 bridgehead atoms. The minimum absolute atomic E-state index is 0.0261. The number of carbonyl (C=O) groups is 1. The maximum atomic E-state index is 10.8. The molecule has 2 atom stereocenters. The lowest BCUT2D eigenvalue weighted by atomic mass is 10.1. The fraction of sp³-hybridized carbons (Fsp3) is 0.739. The predicted octanol–water partition coefficient (Wildman–Crippen LogP) is 6.27. The lowest BCUT2D eigenvalue weighted by Gasteiger charge is -2.17. The highest BCUT2D eigenvalue weighted by molar-refractivity contribution is 8.00. The van der Waals surface area contributed by atoms with E-state index in [9.17, 15) is 9.90 Å². The minimum atomic E-state index is -0.879. The van der Waals surface area contributed by atoms with Crippen LogP contribution in [-0.4, -0.2) is 37.5 Å². The number of allylic oxidation sites excluding steroid dienone is 1. The molecule has 0 radical (unpaired) electrons. The Kier molecular flexibility index (Phi) is 14.7. The summed E-state index contributed by atoms with van der Waals surface area (Å²) >= 11 is 1.46. The van der Waals surface area contributed by atoms with E-state index in [0.29, 0.717) is 0 Å². The van der Waals surface area contributed by atoms with Crippen LogP contribution in [0.1, 0.15) is 96.1 Å². The van der Waals surface area contributed by atoms with Crippen LogP contribution in [0.25, 0.3) is 0 Å². The molecule has 0 saturated carbocycles. The van der Waals surface area contributed by atoms with Crippen LogP contribution < -0.4 is 0 Å². The first-order valence-electron chi connectivity index (χ1n) is 11.3. The lowest BCUT2D eigenvalue weighted by molar-refractivity contribution is -0.137. The van der Waals surface area contributed by atoms with E-state index in [-0.39, 0.29) is 18.1 Å². The molecule has 1 rings (SSSR count). The number of aromatic nitrogens is 2. The second-order valence-electron chi connectivity index (χ2n) is 7.85. The van der Waals surface area contributed by atoms with Gasteiger partial charge in [0.15, 0.2) is 5.16 Å². The number of hydrogen-bond acceptors (Lipinski definition) is 4. The number of aliphatic carboxylic acids is 1. The largest absolute Gasteiger partial charge is 0.481 e. The number of nitrogens with one attached hydrogen (secondary N) is 1. The minimum Gasteiger partial charge on any atom is -0.481 e. The number of carboxylic acids is 1. The number of thioether (sulfide) groups is 1. The highest BCUT2D eigenvalue weighted by atomic mass is 32.2. The van der Waals surface area contributed by atoms with Crippen LogP contribution in [0.5, 0.6) is 0 Å². The molecule has 0 aromatic carbocycles. The van der Waals surface area contributed by atoms with E-state index in [2.05, 4.69) is 23.0 Å². The Morgan fingerprint density at radius 3 is 2.31 bits per heavy atom. The molecule has 0 fully saturated rings. The van der Waals surface area contributed by atoms with E-state index >= 15 is 0 Å². The van der Waals surface area contributed by atoms with Gasteiger partial charge in [0.25, 0.3) is 0 Å². The lowest BCUT2D eigenvalue weighted by Crippen LogP contribution is -2.22. The van der Waals surface area contributed by atoms with Crippen molar-refractivity contribution >= 4 is 17.7 Å². The van der Waals surface area contributed by atoms with Crippen molar-refractivity contribution in [1.29, 1.82) is 0 Å². The molecule has 5 nitrogen and oxygen atoms in total. The Morgan fingerprint density at radius 2 is 1.76 bits per heavy atom. The van der Waals surface area contributed by atoms with E-state index < -0.39 is 12.1 Å². The zero-order valence-corrected chi connectivity index (χ0v) is 19.1. The SMILES string of the molecule is CCCCCCCCCCCC/C=C\C(Sc1ncc(C)[nH]1)C(O)CCC(=O)O. The summed E-state index contributed by atoms with van der Waals surface area (Å²) in [4.78, 5) is 18.3. The number of carboxylic acid groups (broad SMARTS) is 1. The highest BCUT2D eigenvalue weighted by Gasteiger charge is 2.20. The molecule has 6 heteroatoms. The topological polar surface area (TPSA) is 86.2 Å². The molecule has 0 spiro atoms. The van der Waals surface area contributed by atoms with Crippen molar-refractivity contribution in [3.8, 4) is 0 Å². The molecule has 1 aromatic rings. The van der Waals surface area contributed by atoms with Gasteiger partial charge in [0, 0.05) is 18.3 Å². The molecular formula is C23H40N2O3S. The third-order valence-electron chi connectivity index (χ3n) is 5.01. The number of aromatic amines is 1. The number of imidazole rings is 1. The quantitative estimate of drug-likeness (QED) is 0.147. The molecule has 1 heterocycles. The Labute approximate surface area is 180 Å². The maximum absolute atomic E-state index is 10.8. The molecule has 0 saturated heterocycles. The van der Waals surface area contributed by atoms with Gasteiger partial charge in [-0.15, -0.1) is 0 Å². The summed E-state index contributed by atoms with van der Waals surface area (Å²) in [5.74, 6) is -0.879. The molecule has 0 aliphatic rings. The number of rotatable bonds is 18. The fourth-order valence-corrected chi connectivity index (χ4v) is 4.31. The van der Waals surface area contributed by atoms with Gasteiger partial charge in [-0.3, -0.25) is 4.79 Å². The second-order valence-corrected chi connectivity index (χ2v) is 9.02. The Balaban J connectivity index is 2.27. The number of unbranched alkanes of at least 4 members (excludes halogenated alkanes) is 10. The summed E-state index contributed by atoms with van der Waals surface area (Å²) in [7, 11) is 0. The van der Waals surface area contributed by atoms with Crippen molar-refractivity contribution in [2.45, 2.75) is 114 Å². The predicted molar refractivity (Wildman–Crippen MR) is 121 cm³/mol. The average Bonchev–Trinajstić information content (AvgIpc) is 3.10. The van der Waals surface area contributed by atoms with E-state index in [0.717, 1.165) is 23.7 Å². The molecule has 2 unspecified atom stereocenters. The van der Waals surface area contributed by atoms with Crippen LogP contribution in [0.4, 0.5) is 0 Å². The van der Waals surface area contributed by atoms with Crippen LogP contribution in [-0.2, 0) is 4.79 Å². The van der Waals surface area contributed by atoms with Crippen LogP contribution in [0.3, 0.4) is 0 Å². The summed E-state index contributed by atoms with van der Waals surface area (Å²) in [6.07, 6.45) is 19.6. The van der Waals surface area contributed by atoms with Crippen molar-refractivity contribution in [2.24, 2.45) is 0 Å². The van der Waals surface area contributed by atoms with E-state index in [1.807, 2.05) is 13.0 Å². The second kappa shape index (κ2) is 16.5. The van der Waals surface area contributed by atoms with Gasteiger partial charge in [0.05, 0.1) is 11.4 Å². The summed E-state index contributed by atoms with van der Waals surface area (Å²) in [6, 6.07) is 0. The smallest absolute Gasteiger partial charge is 0.303 e. The molecule has 0 amide bonds. The number of aliphatic hydroxyl groups is 1. The highest BCUT2D eigenvalue weighted by Crippen LogP contribution is 2.26. The van der Waals surface area contributed by atoms with Gasteiger partial charge in [-0.2, -0.15) is 0 Å². The zero-order valence-electron chi connectivity index (χ0n) is 18.2. The van der Waals surface area contributed by atoms with Crippen molar-refractivity contribution in [2.75, 3.05) is 0 Å². The number of aliphatic hydroxyl groups excluding tert-OH is 1. The van der Waals surface area contributed by atoms with Gasteiger partial charge in [-0.1, -0.05) is 88.6 Å². The Bertz CT molecular complexity index is 574. The van der Waals surface area contributed by atoms with E-state index in [1.165, 1.54) is 69.5 Å². The van der Waals surface area contributed by atoms with Gasteiger partial charge < -0.3 is 15.2 Å². The molecule has 166 valence electrons. The standard InChI is InChI=1S/C23H40N2O3S/c1-3-4-5-6-7-8-9-10-11-12-13-14-15-21(20(26)16-17-22(27)28)29-23-24-18-19(2)25-23/h14-15,18,20-21,26H,3-13,16-17H2,1-2H3,(H,24,25)(H,27,28)/b15-14-. The summed E-state index contributed by atoms with van der Waals surface area (Å²) < 4.78 is 0. The first-order chi connectivity index (χ1) is 14.0. The number of hydrogen-bond donors (Lipinski definition) is 3. The van der Waals surface area contributed by atoms with Gasteiger partial charge in [0.2, 0.25) is 0 Å². The number of nitrogens with zero attached hydrogens (tertiary/aromatic N) is 1. The molecular weight excluding hydrogens is 384 g/mol. The maximum Gasteiger partial charge on any atom is 0.303 e. The monoisotopic (exact) mass is 424 g/mol. The molecule has 0 aliphatic heterocycles. The summed E-state index contributed by atoms with van der Waals surface area (Å²) in [5, 5.41) is 19.9. The first kappa shape index (κ1) is 25.8. The van der Waals surface area contributed by atoms with Crippen molar-refractivity contribution in [3.63, 3.8) is 0 Å².